The number of benzene rings is 1. The van der Waals surface area contributed by atoms with E-state index in [1.165, 1.54) is 23.1 Å². The normalized spacial score (nSPS) is 12.3. The van der Waals surface area contributed by atoms with Crippen LogP contribution < -0.4 is 0 Å². The van der Waals surface area contributed by atoms with Gasteiger partial charge >= 0.3 is 6.09 Å². The number of amides is 1. The van der Waals surface area contributed by atoms with Gasteiger partial charge in [-0.2, -0.15) is 0 Å². The predicted molar refractivity (Wildman–Crippen MR) is 90.8 cm³/mol. The molecule has 24 heavy (non-hydrogen) atoms. The number of aromatic hydroxyl groups is 1. The lowest BCUT2D eigenvalue weighted by atomic mass is 10.1. The first-order chi connectivity index (χ1) is 11.1. The molecule has 0 saturated heterocycles. The molecule has 0 bridgehead atoms. The van der Waals surface area contributed by atoms with Gasteiger partial charge in [-0.05, 0) is 40.2 Å². The van der Waals surface area contributed by atoms with Crippen LogP contribution in [0.2, 0.25) is 0 Å². The van der Waals surface area contributed by atoms with Gasteiger partial charge in [0.25, 0.3) is 5.69 Å². The zero-order valence-corrected chi connectivity index (χ0v) is 14.5. The van der Waals surface area contributed by atoms with Gasteiger partial charge in [-0.1, -0.05) is 12.1 Å². The average Bonchev–Trinajstić information content (AvgIpc) is 2.43. The summed E-state index contributed by atoms with van der Waals surface area (Å²) in [6, 6.07) is 3.74. The SMILES string of the molecule is C=CCC(C)N(Cc1c(O)cccc1[N+](=O)[O-])C(=O)OC(C)(C)C. The fourth-order valence-electron chi connectivity index (χ4n) is 2.16. The number of nitrogens with zero attached hydrogens (tertiary/aromatic N) is 2. The van der Waals surface area contributed by atoms with Crippen molar-refractivity contribution >= 4 is 11.8 Å². The Balaban J connectivity index is 3.21. The van der Waals surface area contributed by atoms with E-state index >= 15 is 0 Å². The second-order valence-corrected chi connectivity index (χ2v) is 6.51. The Morgan fingerprint density at radius 1 is 1.50 bits per heavy atom. The summed E-state index contributed by atoms with van der Waals surface area (Å²) >= 11 is 0. The number of ether oxygens (including phenoxy) is 1. The lowest BCUT2D eigenvalue weighted by molar-refractivity contribution is -0.385. The molecule has 1 rings (SSSR count). The number of hydrogen-bond donors (Lipinski definition) is 1. The van der Waals surface area contributed by atoms with E-state index < -0.39 is 16.6 Å². The third kappa shape index (κ3) is 5.26. The molecule has 7 heteroatoms. The van der Waals surface area contributed by atoms with Gasteiger partial charge < -0.3 is 14.7 Å². The van der Waals surface area contributed by atoms with E-state index in [4.69, 9.17) is 4.74 Å². The highest BCUT2D eigenvalue weighted by atomic mass is 16.6. The van der Waals surface area contributed by atoms with Crippen LogP contribution in [0.1, 0.15) is 39.7 Å². The molecule has 0 heterocycles. The van der Waals surface area contributed by atoms with Crippen molar-refractivity contribution in [3.05, 3.63) is 46.5 Å². The minimum atomic E-state index is -0.700. The lowest BCUT2D eigenvalue weighted by Crippen LogP contribution is -2.41. The maximum absolute atomic E-state index is 12.5. The third-order valence-corrected chi connectivity index (χ3v) is 3.32. The fraction of sp³-hybridized carbons (Fsp3) is 0.471. The maximum Gasteiger partial charge on any atom is 0.410 e. The number of hydrogen-bond acceptors (Lipinski definition) is 5. The van der Waals surface area contributed by atoms with Crippen molar-refractivity contribution in [2.45, 2.75) is 52.3 Å². The summed E-state index contributed by atoms with van der Waals surface area (Å²) in [7, 11) is 0. The summed E-state index contributed by atoms with van der Waals surface area (Å²) in [5.74, 6) is -0.233. The molecule has 1 aromatic rings. The lowest BCUT2D eigenvalue weighted by Gasteiger charge is -2.31. The van der Waals surface area contributed by atoms with Crippen LogP contribution >= 0.6 is 0 Å². The quantitative estimate of drug-likeness (QED) is 0.481. The first kappa shape index (κ1) is 19.5. The summed E-state index contributed by atoms with van der Waals surface area (Å²) in [5.41, 5.74) is -0.868. The number of nitro benzene ring substituents is 1. The smallest absolute Gasteiger partial charge is 0.410 e. The van der Waals surface area contributed by atoms with E-state index in [-0.39, 0.29) is 29.6 Å². The summed E-state index contributed by atoms with van der Waals surface area (Å²) in [4.78, 5) is 24.5. The van der Waals surface area contributed by atoms with E-state index in [0.29, 0.717) is 6.42 Å². The van der Waals surface area contributed by atoms with Gasteiger partial charge in [0.15, 0.2) is 0 Å². The zero-order chi connectivity index (χ0) is 18.5. The molecule has 7 nitrogen and oxygen atoms in total. The molecule has 0 aliphatic heterocycles. The largest absolute Gasteiger partial charge is 0.507 e. The first-order valence-corrected chi connectivity index (χ1v) is 7.62. The Morgan fingerprint density at radius 3 is 2.62 bits per heavy atom. The summed E-state index contributed by atoms with van der Waals surface area (Å²) in [5, 5.41) is 21.2. The van der Waals surface area contributed by atoms with Crippen molar-refractivity contribution in [1.82, 2.24) is 4.90 Å². The molecule has 1 amide bonds. The topological polar surface area (TPSA) is 92.9 Å². The molecular formula is C17H24N2O5. The summed E-state index contributed by atoms with van der Waals surface area (Å²) in [6.07, 6.45) is 1.54. The molecule has 0 aromatic heterocycles. The number of carbonyl (C=O) groups is 1. The molecule has 1 N–H and O–H groups in total. The number of phenols is 1. The van der Waals surface area contributed by atoms with Gasteiger partial charge in [0.2, 0.25) is 0 Å². The molecule has 1 unspecified atom stereocenters. The average molecular weight is 336 g/mol. The second-order valence-electron chi connectivity index (χ2n) is 6.51. The van der Waals surface area contributed by atoms with E-state index in [2.05, 4.69) is 6.58 Å². The van der Waals surface area contributed by atoms with Gasteiger partial charge in [-0.25, -0.2) is 4.79 Å². The van der Waals surface area contributed by atoms with Gasteiger partial charge in [0, 0.05) is 12.1 Å². The fourth-order valence-corrected chi connectivity index (χ4v) is 2.16. The third-order valence-electron chi connectivity index (χ3n) is 3.32. The predicted octanol–water partition coefficient (Wildman–Crippen LogP) is 4.00. The summed E-state index contributed by atoms with van der Waals surface area (Å²) in [6.45, 7) is 10.5. The number of phenolic OH excluding ortho intramolecular Hbond substituents is 1. The van der Waals surface area contributed by atoms with Crippen LogP contribution in [0.4, 0.5) is 10.5 Å². The zero-order valence-electron chi connectivity index (χ0n) is 14.5. The molecular weight excluding hydrogens is 312 g/mol. The molecule has 0 aliphatic rings. The minimum Gasteiger partial charge on any atom is -0.507 e. The Labute approximate surface area is 141 Å². The molecule has 0 fully saturated rings. The molecule has 1 aromatic carbocycles. The van der Waals surface area contributed by atoms with Crippen molar-refractivity contribution in [2.24, 2.45) is 0 Å². The Kier molecular flexibility index (Phi) is 6.34. The number of nitro groups is 1. The van der Waals surface area contributed by atoms with E-state index in [1.807, 2.05) is 0 Å². The first-order valence-electron chi connectivity index (χ1n) is 7.62. The Morgan fingerprint density at radius 2 is 2.12 bits per heavy atom. The van der Waals surface area contributed by atoms with Crippen LogP contribution in [0, 0.1) is 10.1 Å². The molecule has 0 spiro atoms. The van der Waals surface area contributed by atoms with Gasteiger partial charge in [-0.3, -0.25) is 10.1 Å². The molecule has 132 valence electrons. The minimum absolute atomic E-state index is 0.0734. The number of rotatable bonds is 6. The Bertz CT molecular complexity index is 622. The highest BCUT2D eigenvalue weighted by Crippen LogP contribution is 2.30. The van der Waals surface area contributed by atoms with Crippen molar-refractivity contribution in [3.8, 4) is 5.75 Å². The molecule has 0 aliphatic carbocycles. The van der Waals surface area contributed by atoms with Crippen molar-refractivity contribution in [2.75, 3.05) is 0 Å². The van der Waals surface area contributed by atoms with Crippen molar-refractivity contribution < 1.29 is 19.6 Å². The van der Waals surface area contributed by atoms with E-state index in [9.17, 15) is 20.0 Å². The van der Waals surface area contributed by atoms with E-state index in [0.717, 1.165) is 0 Å². The number of carbonyl (C=O) groups excluding carboxylic acids is 1. The maximum atomic E-state index is 12.5. The van der Waals surface area contributed by atoms with Crippen LogP contribution in [0.5, 0.6) is 5.75 Å². The highest BCUT2D eigenvalue weighted by Gasteiger charge is 2.29. The van der Waals surface area contributed by atoms with Crippen LogP contribution in [0.3, 0.4) is 0 Å². The van der Waals surface area contributed by atoms with Gasteiger partial charge in [0.05, 0.1) is 17.0 Å². The van der Waals surface area contributed by atoms with Crippen LogP contribution in [-0.4, -0.2) is 32.7 Å². The highest BCUT2D eigenvalue weighted by molar-refractivity contribution is 5.69. The van der Waals surface area contributed by atoms with Crippen LogP contribution in [-0.2, 0) is 11.3 Å². The summed E-state index contributed by atoms with van der Waals surface area (Å²) < 4.78 is 5.38. The van der Waals surface area contributed by atoms with Crippen LogP contribution in [0.25, 0.3) is 0 Å². The molecule has 1 atom stereocenters. The monoisotopic (exact) mass is 336 g/mol. The van der Waals surface area contributed by atoms with Crippen molar-refractivity contribution in [1.29, 1.82) is 0 Å². The molecule has 0 saturated carbocycles. The van der Waals surface area contributed by atoms with Gasteiger partial charge in [-0.15, -0.1) is 6.58 Å². The van der Waals surface area contributed by atoms with Crippen LogP contribution in [0.15, 0.2) is 30.9 Å². The standard InChI is InChI=1S/C17H24N2O5/c1-6-8-12(2)18(16(21)24-17(3,4)5)11-13-14(19(22)23)9-7-10-15(13)20/h6-7,9-10,12,20H,1,8,11H2,2-5H3. The van der Waals surface area contributed by atoms with Crippen molar-refractivity contribution in [3.63, 3.8) is 0 Å². The van der Waals surface area contributed by atoms with E-state index in [1.54, 1.807) is 33.8 Å². The second kappa shape index (κ2) is 7.81. The van der Waals surface area contributed by atoms with Gasteiger partial charge in [0.1, 0.15) is 11.4 Å². The Hall–Kier alpha value is -2.57. The molecule has 0 radical (unpaired) electrons.